The van der Waals surface area contributed by atoms with Crippen LogP contribution in [0, 0.1) is 0 Å². The Labute approximate surface area is 135 Å². The van der Waals surface area contributed by atoms with Crippen LogP contribution < -0.4 is 10.3 Å². The van der Waals surface area contributed by atoms with Gasteiger partial charge >= 0.3 is 0 Å². The van der Waals surface area contributed by atoms with E-state index in [9.17, 15) is 13.2 Å². The number of sulfonamides is 1. The summed E-state index contributed by atoms with van der Waals surface area (Å²) in [5, 5.41) is 0.558. The van der Waals surface area contributed by atoms with Gasteiger partial charge in [0.1, 0.15) is 5.69 Å². The van der Waals surface area contributed by atoms with E-state index in [1.54, 1.807) is 30.3 Å². The number of hydrogen-bond acceptors (Lipinski definition) is 3. The number of anilines is 1. The molecule has 0 aliphatic heterocycles. The molecule has 0 unspecified atom stereocenters. The van der Waals surface area contributed by atoms with Crippen LogP contribution in [-0.2, 0) is 16.4 Å². The van der Waals surface area contributed by atoms with Gasteiger partial charge < -0.3 is 4.98 Å². The molecule has 112 valence electrons. The largest absolute Gasteiger partial charge is 0.315 e. The van der Waals surface area contributed by atoms with E-state index >= 15 is 0 Å². The van der Waals surface area contributed by atoms with Gasteiger partial charge in [-0.25, -0.2) is 8.42 Å². The van der Waals surface area contributed by atoms with Crippen molar-refractivity contribution in [3.05, 3.63) is 61.9 Å². The lowest BCUT2D eigenvalue weighted by Gasteiger charge is -2.07. The molecule has 0 spiro atoms. The van der Waals surface area contributed by atoms with Crippen LogP contribution in [0.3, 0.4) is 0 Å². The summed E-state index contributed by atoms with van der Waals surface area (Å²) in [6.07, 6.45) is 0.310. The van der Waals surface area contributed by atoms with E-state index in [1.807, 2.05) is 0 Å². The lowest BCUT2D eigenvalue weighted by Crippen LogP contribution is -2.23. The maximum absolute atomic E-state index is 12.0. The molecule has 2 N–H and O–H groups in total. The van der Waals surface area contributed by atoms with Gasteiger partial charge in [-0.3, -0.25) is 9.52 Å². The Bertz CT molecular complexity index is 805. The lowest BCUT2D eigenvalue weighted by molar-refractivity contribution is 0.600. The maximum atomic E-state index is 12.0. The first-order valence-electron chi connectivity index (χ1n) is 5.99. The van der Waals surface area contributed by atoms with Crippen LogP contribution in [0.15, 0.2) is 45.8 Å². The lowest BCUT2D eigenvalue weighted by atomic mass is 10.2. The molecule has 0 bridgehead atoms. The third-order valence-electron chi connectivity index (χ3n) is 2.69. The van der Waals surface area contributed by atoms with Crippen LogP contribution in [0.4, 0.5) is 5.69 Å². The fourth-order valence-electron chi connectivity index (χ4n) is 1.69. The molecule has 1 aromatic heterocycles. The molecule has 2 rings (SSSR count). The predicted octanol–water partition coefficient (Wildman–Crippen LogP) is 2.78. The number of rotatable bonds is 5. The number of nitrogens with one attached hydrogen (secondary N) is 2. The number of aryl methyl sites for hydroxylation is 1. The first-order chi connectivity index (χ1) is 9.85. The van der Waals surface area contributed by atoms with Gasteiger partial charge in [-0.1, -0.05) is 23.7 Å². The van der Waals surface area contributed by atoms with Crippen molar-refractivity contribution in [2.45, 2.75) is 6.42 Å². The topological polar surface area (TPSA) is 79.0 Å². The second kappa shape index (κ2) is 6.64. The Kier molecular flexibility index (Phi) is 5.08. The highest BCUT2D eigenvalue weighted by Gasteiger charge is 2.13. The molecule has 0 aliphatic carbocycles. The van der Waals surface area contributed by atoms with Gasteiger partial charge in [0, 0.05) is 5.02 Å². The molecule has 0 atom stereocenters. The zero-order valence-electron chi connectivity index (χ0n) is 10.8. The Hall–Kier alpha value is -1.31. The number of aromatic amines is 1. The maximum Gasteiger partial charge on any atom is 0.273 e. The number of aromatic nitrogens is 1. The third-order valence-corrected chi connectivity index (χ3v) is 4.66. The van der Waals surface area contributed by atoms with Crippen molar-refractivity contribution >= 4 is 43.2 Å². The summed E-state index contributed by atoms with van der Waals surface area (Å²) < 4.78 is 26.7. The van der Waals surface area contributed by atoms with E-state index in [0.717, 1.165) is 5.56 Å². The molecule has 8 heteroatoms. The van der Waals surface area contributed by atoms with E-state index in [-0.39, 0.29) is 11.4 Å². The summed E-state index contributed by atoms with van der Waals surface area (Å²) in [6, 6.07) is 9.95. The van der Waals surface area contributed by atoms with Crippen LogP contribution in [0.2, 0.25) is 5.02 Å². The minimum absolute atomic E-state index is 0.00991. The second-order valence-corrected chi connectivity index (χ2v) is 7.48. The van der Waals surface area contributed by atoms with E-state index in [1.165, 1.54) is 6.07 Å². The molecular weight excluding hydrogens is 380 g/mol. The molecule has 1 aromatic carbocycles. The molecule has 0 radical (unpaired) electrons. The smallest absolute Gasteiger partial charge is 0.273 e. The summed E-state index contributed by atoms with van der Waals surface area (Å²) in [6.45, 7) is 0. The van der Waals surface area contributed by atoms with E-state index in [0.29, 0.717) is 16.0 Å². The molecule has 0 saturated heterocycles. The monoisotopic (exact) mass is 390 g/mol. The Morgan fingerprint density at radius 3 is 2.67 bits per heavy atom. The number of benzene rings is 1. The van der Waals surface area contributed by atoms with Gasteiger partial charge in [0.05, 0.1) is 10.4 Å². The third kappa shape index (κ3) is 4.87. The Morgan fingerprint density at radius 1 is 1.24 bits per heavy atom. The van der Waals surface area contributed by atoms with Crippen LogP contribution in [-0.4, -0.2) is 19.2 Å². The fourth-order valence-corrected chi connectivity index (χ4v) is 3.32. The van der Waals surface area contributed by atoms with Gasteiger partial charge in [-0.15, -0.1) is 0 Å². The Balaban J connectivity index is 2.07. The van der Waals surface area contributed by atoms with Crippen molar-refractivity contribution in [1.29, 1.82) is 0 Å². The van der Waals surface area contributed by atoms with Gasteiger partial charge in [0.15, 0.2) is 0 Å². The summed E-state index contributed by atoms with van der Waals surface area (Å²) in [5.74, 6) is -0.136. The number of H-pyrrole nitrogens is 1. The molecule has 0 aliphatic rings. The molecular formula is C13H12BrClN2O3S. The normalized spacial score (nSPS) is 11.3. The molecule has 21 heavy (non-hydrogen) atoms. The standard InChI is InChI=1S/C13H12BrClN2O3S/c14-12-5-4-11(13(18)16-12)17-21(19,20)7-6-9-2-1-3-10(15)8-9/h1-5,8,17H,6-7H2,(H,16,18). The van der Waals surface area contributed by atoms with Crippen molar-refractivity contribution in [1.82, 2.24) is 4.98 Å². The highest BCUT2D eigenvalue weighted by Crippen LogP contribution is 2.13. The van der Waals surface area contributed by atoms with Crippen LogP contribution in [0.5, 0.6) is 0 Å². The van der Waals surface area contributed by atoms with Crippen molar-refractivity contribution in [2.24, 2.45) is 0 Å². The average Bonchev–Trinajstić information content (AvgIpc) is 2.40. The summed E-state index contributed by atoms with van der Waals surface area (Å²) in [4.78, 5) is 14.1. The van der Waals surface area contributed by atoms with Crippen molar-refractivity contribution in [3.8, 4) is 0 Å². The fraction of sp³-hybridized carbons (Fsp3) is 0.154. The summed E-state index contributed by atoms with van der Waals surface area (Å²) in [5.41, 5.74) is 0.303. The van der Waals surface area contributed by atoms with Gasteiger partial charge in [-0.2, -0.15) is 0 Å². The van der Waals surface area contributed by atoms with E-state index in [4.69, 9.17) is 11.6 Å². The van der Waals surface area contributed by atoms with Gasteiger partial charge in [-0.05, 0) is 52.2 Å². The average molecular weight is 392 g/mol. The zero-order valence-corrected chi connectivity index (χ0v) is 13.9. The molecule has 2 aromatic rings. The van der Waals surface area contributed by atoms with Gasteiger partial charge in [0.2, 0.25) is 10.0 Å². The minimum atomic E-state index is -3.61. The number of hydrogen-bond donors (Lipinski definition) is 2. The highest BCUT2D eigenvalue weighted by molar-refractivity contribution is 9.10. The molecule has 0 amide bonds. The molecule has 0 saturated carbocycles. The van der Waals surface area contributed by atoms with Crippen molar-refractivity contribution < 1.29 is 8.42 Å². The SMILES string of the molecule is O=c1[nH]c(Br)ccc1NS(=O)(=O)CCc1cccc(Cl)c1. The molecule has 1 heterocycles. The molecule has 5 nitrogen and oxygen atoms in total. The quantitative estimate of drug-likeness (QED) is 0.769. The predicted molar refractivity (Wildman–Crippen MR) is 87.3 cm³/mol. The van der Waals surface area contributed by atoms with Crippen LogP contribution in [0.1, 0.15) is 5.56 Å². The summed E-state index contributed by atoms with van der Waals surface area (Å²) in [7, 11) is -3.61. The summed E-state index contributed by atoms with van der Waals surface area (Å²) >= 11 is 8.94. The minimum Gasteiger partial charge on any atom is -0.315 e. The van der Waals surface area contributed by atoms with Gasteiger partial charge in [0.25, 0.3) is 5.56 Å². The Morgan fingerprint density at radius 2 is 2.00 bits per heavy atom. The first-order valence-corrected chi connectivity index (χ1v) is 8.82. The van der Waals surface area contributed by atoms with E-state index in [2.05, 4.69) is 25.6 Å². The van der Waals surface area contributed by atoms with Crippen LogP contribution in [0.25, 0.3) is 0 Å². The highest BCUT2D eigenvalue weighted by atomic mass is 79.9. The van der Waals surface area contributed by atoms with Crippen molar-refractivity contribution in [3.63, 3.8) is 0 Å². The number of halogens is 2. The molecule has 0 fully saturated rings. The number of pyridine rings is 1. The second-order valence-electron chi connectivity index (χ2n) is 4.35. The zero-order chi connectivity index (χ0) is 15.5. The van der Waals surface area contributed by atoms with E-state index < -0.39 is 15.6 Å². The van der Waals surface area contributed by atoms with Crippen LogP contribution >= 0.6 is 27.5 Å². The first kappa shape index (κ1) is 16.1. The van der Waals surface area contributed by atoms with Crippen molar-refractivity contribution in [2.75, 3.05) is 10.5 Å².